The molecule has 3 heteroatoms. The van der Waals surface area contributed by atoms with E-state index in [1.807, 2.05) is 6.21 Å². The largest absolute Gasteiger partial charge is 0.273 e. The van der Waals surface area contributed by atoms with Crippen molar-refractivity contribution in [2.24, 2.45) is 28.8 Å². The number of rotatable bonds is 3. The summed E-state index contributed by atoms with van der Waals surface area (Å²) in [6, 6.07) is 0. The first-order chi connectivity index (χ1) is 7.33. The lowest BCUT2D eigenvalue weighted by Crippen LogP contribution is -2.21. The fourth-order valence-corrected chi connectivity index (χ4v) is 3.11. The first kappa shape index (κ1) is 9.37. The molecule has 3 nitrogen and oxygen atoms in total. The number of carbonyl (C=O) groups excluding carboxylic acids is 1. The monoisotopic (exact) mass is 206 g/mol. The van der Waals surface area contributed by atoms with E-state index in [9.17, 15) is 4.79 Å². The van der Waals surface area contributed by atoms with Crippen LogP contribution in [-0.4, -0.2) is 12.1 Å². The number of nitrogens with one attached hydrogen (secondary N) is 1. The summed E-state index contributed by atoms with van der Waals surface area (Å²) in [7, 11) is 0. The Morgan fingerprint density at radius 2 is 2.07 bits per heavy atom. The number of carbonyl (C=O) groups is 1. The molecule has 0 aliphatic heterocycles. The predicted molar refractivity (Wildman–Crippen MR) is 58.3 cm³/mol. The molecule has 3 fully saturated rings. The lowest BCUT2D eigenvalue weighted by Gasteiger charge is -2.16. The third-order valence-corrected chi connectivity index (χ3v) is 4.18. The smallest absolute Gasteiger partial charge is 0.243 e. The number of hydrogen-bond donors (Lipinski definition) is 1. The summed E-state index contributed by atoms with van der Waals surface area (Å²) in [4.78, 5) is 11.3. The van der Waals surface area contributed by atoms with E-state index >= 15 is 0 Å². The van der Waals surface area contributed by atoms with Crippen molar-refractivity contribution in [2.45, 2.75) is 38.5 Å². The highest BCUT2D eigenvalue weighted by Gasteiger charge is 2.38. The van der Waals surface area contributed by atoms with Gasteiger partial charge in [-0.3, -0.25) is 4.79 Å². The molecular weight excluding hydrogens is 188 g/mol. The molecule has 82 valence electrons. The Labute approximate surface area is 90.3 Å². The highest BCUT2D eigenvalue weighted by atomic mass is 16.2. The van der Waals surface area contributed by atoms with Gasteiger partial charge in [0.15, 0.2) is 0 Å². The van der Waals surface area contributed by atoms with E-state index in [1.165, 1.54) is 25.7 Å². The Morgan fingerprint density at radius 1 is 1.20 bits per heavy atom. The van der Waals surface area contributed by atoms with Crippen LogP contribution in [0.2, 0.25) is 0 Å². The molecule has 1 N–H and O–H groups in total. The average molecular weight is 206 g/mol. The van der Waals surface area contributed by atoms with E-state index in [2.05, 4.69) is 10.5 Å². The van der Waals surface area contributed by atoms with Gasteiger partial charge in [-0.1, -0.05) is 6.42 Å². The van der Waals surface area contributed by atoms with Crippen molar-refractivity contribution in [3.8, 4) is 0 Å². The van der Waals surface area contributed by atoms with Gasteiger partial charge in [-0.2, -0.15) is 5.10 Å². The number of hydrogen-bond acceptors (Lipinski definition) is 2. The minimum absolute atomic E-state index is 0.120. The fraction of sp³-hybridized carbons (Fsp3) is 0.833. The normalized spacial score (nSPS) is 38.8. The minimum Gasteiger partial charge on any atom is -0.273 e. The molecule has 0 aromatic heterocycles. The molecule has 0 aromatic rings. The van der Waals surface area contributed by atoms with Gasteiger partial charge in [0.05, 0.1) is 0 Å². The molecule has 2 bridgehead atoms. The second kappa shape index (κ2) is 3.62. The molecule has 3 atom stereocenters. The predicted octanol–water partition coefficient (Wildman–Crippen LogP) is 1.93. The summed E-state index contributed by atoms with van der Waals surface area (Å²) in [5.41, 5.74) is 2.66. The second-order valence-electron chi connectivity index (χ2n) is 5.37. The molecule has 0 unspecified atom stereocenters. The number of amides is 1. The van der Waals surface area contributed by atoms with Crippen LogP contribution in [0.5, 0.6) is 0 Å². The highest BCUT2D eigenvalue weighted by Crippen LogP contribution is 2.47. The van der Waals surface area contributed by atoms with Crippen LogP contribution >= 0.6 is 0 Å². The summed E-state index contributed by atoms with van der Waals surface area (Å²) >= 11 is 0. The van der Waals surface area contributed by atoms with Crippen molar-refractivity contribution >= 4 is 12.1 Å². The van der Waals surface area contributed by atoms with Crippen LogP contribution in [0.4, 0.5) is 0 Å². The molecule has 0 radical (unpaired) electrons. The summed E-state index contributed by atoms with van der Waals surface area (Å²) in [5, 5.41) is 4.11. The topological polar surface area (TPSA) is 41.5 Å². The van der Waals surface area contributed by atoms with E-state index in [-0.39, 0.29) is 11.8 Å². The van der Waals surface area contributed by atoms with Crippen LogP contribution in [0.3, 0.4) is 0 Å². The lowest BCUT2D eigenvalue weighted by molar-refractivity contribution is -0.122. The molecule has 15 heavy (non-hydrogen) atoms. The Bertz CT molecular complexity index is 296. The van der Waals surface area contributed by atoms with Gasteiger partial charge in [-0.15, -0.1) is 0 Å². The van der Waals surface area contributed by atoms with Gasteiger partial charge in [0.2, 0.25) is 5.91 Å². The zero-order chi connectivity index (χ0) is 10.3. The second-order valence-corrected chi connectivity index (χ2v) is 5.37. The number of hydrazone groups is 1. The standard InChI is InChI=1S/C12H18N2O/c15-12(9-3-4-9)14-13-7-11-6-8-1-2-10(11)5-8/h7-11H,1-6H2,(H,14,15)/b13-7-/t8-,10+,11+/m0/s1. The molecular formula is C12H18N2O. The molecule has 0 aromatic carbocycles. The van der Waals surface area contributed by atoms with E-state index in [0.29, 0.717) is 5.92 Å². The summed E-state index contributed by atoms with van der Waals surface area (Å²) in [6.07, 6.45) is 9.58. The maximum absolute atomic E-state index is 11.3. The summed E-state index contributed by atoms with van der Waals surface area (Å²) in [6.45, 7) is 0. The van der Waals surface area contributed by atoms with Gasteiger partial charge in [0, 0.05) is 12.1 Å². The maximum atomic E-state index is 11.3. The van der Waals surface area contributed by atoms with Gasteiger partial charge >= 0.3 is 0 Å². The van der Waals surface area contributed by atoms with Gasteiger partial charge in [-0.25, -0.2) is 5.43 Å². The fourth-order valence-electron chi connectivity index (χ4n) is 3.11. The van der Waals surface area contributed by atoms with Crippen molar-refractivity contribution in [3.63, 3.8) is 0 Å². The SMILES string of the molecule is O=C(N/N=C\[C@H]1C[C@H]2CC[C@@H]1C2)C1CC1. The number of nitrogens with zero attached hydrogens (tertiary/aromatic N) is 1. The van der Waals surface area contributed by atoms with Crippen molar-refractivity contribution in [2.75, 3.05) is 0 Å². The van der Waals surface area contributed by atoms with E-state index in [4.69, 9.17) is 0 Å². The molecule has 1 amide bonds. The minimum atomic E-state index is 0.120. The van der Waals surface area contributed by atoms with Gasteiger partial charge in [0.25, 0.3) is 0 Å². The van der Waals surface area contributed by atoms with E-state index in [1.54, 1.807) is 0 Å². The number of fused-ring (bicyclic) bond motifs is 2. The van der Waals surface area contributed by atoms with E-state index < -0.39 is 0 Å². The Morgan fingerprint density at radius 3 is 2.67 bits per heavy atom. The Hall–Kier alpha value is -0.860. The summed E-state index contributed by atoms with van der Waals surface area (Å²) < 4.78 is 0. The van der Waals surface area contributed by atoms with E-state index in [0.717, 1.165) is 24.7 Å². The zero-order valence-corrected chi connectivity index (χ0v) is 8.98. The van der Waals surface area contributed by atoms with Crippen molar-refractivity contribution in [1.82, 2.24) is 5.43 Å². The average Bonchev–Trinajstić information content (AvgIpc) is 2.90. The molecule has 0 heterocycles. The molecule has 3 aliphatic rings. The highest BCUT2D eigenvalue weighted by molar-refractivity contribution is 5.81. The lowest BCUT2D eigenvalue weighted by atomic mass is 9.90. The van der Waals surface area contributed by atoms with Crippen LogP contribution in [0.1, 0.15) is 38.5 Å². The third-order valence-electron chi connectivity index (χ3n) is 4.18. The molecule has 3 saturated carbocycles. The quantitative estimate of drug-likeness (QED) is 0.556. The van der Waals surface area contributed by atoms with Crippen LogP contribution in [0, 0.1) is 23.7 Å². The molecule has 0 saturated heterocycles. The first-order valence-electron chi connectivity index (χ1n) is 6.16. The van der Waals surface area contributed by atoms with Crippen LogP contribution in [-0.2, 0) is 4.79 Å². The first-order valence-corrected chi connectivity index (χ1v) is 6.16. The Kier molecular flexibility index (Phi) is 2.26. The zero-order valence-electron chi connectivity index (χ0n) is 8.98. The van der Waals surface area contributed by atoms with Gasteiger partial charge in [-0.05, 0) is 49.9 Å². The van der Waals surface area contributed by atoms with Gasteiger partial charge < -0.3 is 0 Å². The molecule has 3 aliphatic carbocycles. The maximum Gasteiger partial charge on any atom is 0.243 e. The van der Waals surface area contributed by atoms with Crippen LogP contribution in [0.15, 0.2) is 5.10 Å². The van der Waals surface area contributed by atoms with Crippen molar-refractivity contribution in [1.29, 1.82) is 0 Å². The van der Waals surface area contributed by atoms with Crippen LogP contribution < -0.4 is 5.43 Å². The van der Waals surface area contributed by atoms with Crippen LogP contribution in [0.25, 0.3) is 0 Å². The van der Waals surface area contributed by atoms with Crippen molar-refractivity contribution < 1.29 is 4.79 Å². The molecule has 0 spiro atoms. The van der Waals surface area contributed by atoms with Crippen molar-refractivity contribution in [3.05, 3.63) is 0 Å². The van der Waals surface area contributed by atoms with Gasteiger partial charge in [0.1, 0.15) is 0 Å². The summed E-state index contributed by atoms with van der Waals surface area (Å²) in [5.74, 6) is 2.84. The Balaban J connectivity index is 1.48. The molecule has 3 rings (SSSR count). The third kappa shape index (κ3) is 1.92.